The number of pyridine rings is 1. The second-order valence-corrected chi connectivity index (χ2v) is 8.06. The Hall–Kier alpha value is -3.34. The number of carboxylic acids is 1. The summed E-state index contributed by atoms with van der Waals surface area (Å²) in [6.07, 6.45) is -3.12. The molecule has 0 aliphatic carbocycles. The largest absolute Gasteiger partial charge is 0.497 e. The van der Waals surface area contributed by atoms with E-state index in [1.165, 1.54) is 13.2 Å². The molecular formula is C23H27F3N4O4. The first kappa shape index (κ1) is 25.3. The zero-order valence-electron chi connectivity index (χ0n) is 18.7. The molecule has 1 saturated heterocycles. The van der Waals surface area contributed by atoms with Crippen LogP contribution in [-0.2, 0) is 15.8 Å². The third-order valence-electron chi connectivity index (χ3n) is 5.60. The van der Waals surface area contributed by atoms with Crippen LogP contribution in [0, 0.1) is 5.92 Å². The van der Waals surface area contributed by atoms with Crippen LogP contribution >= 0.6 is 0 Å². The average Bonchev–Trinajstić information content (AvgIpc) is 3.04. The number of nitrogens with one attached hydrogen (secondary N) is 1. The lowest BCUT2D eigenvalue weighted by Gasteiger charge is -2.25. The molecular weight excluding hydrogens is 453 g/mol. The van der Waals surface area contributed by atoms with Crippen LogP contribution < -0.4 is 15.0 Å². The van der Waals surface area contributed by atoms with E-state index in [0.717, 1.165) is 12.3 Å². The van der Waals surface area contributed by atoms with Gasteiger partial charge in [-0.2, -0.15) is 13.2 Å². The molecule has 184 valence electrons. The van der Waals surface area contributed by atoms with Gasteiger partial charge in [0.2, 0.25) is 5.91 Å². The number of methoxy groups -OCH3 is 1. The van der Waals surface area contributed by atoms with Crippen LogP contribution in [0.3, 0.4) is 0 Å². The number of carboxylic acid groups (broad SMARTS) is 1. The number of aliphatic carboxylic acids is 1. The minimum atomic E-state index is -4.44. The van der Waals surface area contributed by atoms with Crippen molar-refractivity contribution in [3.05, 3.63) is 48.2 Å². The highest BCUT2D eigenvalue weighted by atomic mass is 19.4. The zero-order valence-corrected chi connectivity index (χ0v) is 18.7. The molecule has 1 amide bonds. The molecule has 34 heavy (non-hydrogen) atoms. The lowest BCUT2D eigenvalue weighted by molar-refractivity contribution is -0.144. The molecule has 1 aliphatic rings. The standard InChI is InChI=1S/C23H27F3N4O4/c1-34-19-5-2-4-18(13-19)28-21(31)12-16(22(32)33)15-29-8-3-9-30(11-10-29)20-7-6-17(14-27-20)23(24,25)26/h2,4-7,13-14,16H,3,8-12,15H2,1H3,(H,28,31)(H,32,33)/t16-/m1/s1. The van der Waals surface area contributed by atoms with Crippen LogP contribution in [-0.4, -0.2) is 66.7 Å². The quantitative estimate of drug-likeness (QED) is 0.598. The van der Waals surface area contributed by atoms with Gasteiger partial charge in [-0.1, -0.05) is 6.07 Å². The number of amides is 1. The summed E-state index contributed by atoms with van der Waals surface area (Å²) < 4.78 is 43.4. The Kier molecular flexibility index (Phi) is 8.32. The highest BCUT2D eigenvalue weighted by molar-refractivity contribution is 5.93. The van der Waals surface area contributed by atoms with E-state index in [-0.39, 0.29) is 13.0 Å². The van der Waals surface area contributed by atoms with Gasteiger partial charge in [0.05, 0.1) is 18.6 Å². The molecule has 11 heteroatoms. The number of alkyl halides is 3. The van der Waals surface area contributed by atoms with Gasteiger partial charge < -0.3 is 25.0 Å². The molecule has 1 aromatic carbocycles. The molecule has 2 heterocycles. The number of carbonyl (C=O) groups is 2. The first-order valence-electron chi connectivity index (χ1n) is 10.8. The van der Waals surface area contributed by atoms with Gasteiger partial charge >= 0.3 is 12.1 Å². The van der Waals surface area contributed by atoms with Gasteiger partial charge in [-0.25, -0.2) is 4.98 Å². The van der Waals surface area contributed by atoms with Crippen LogP contribution in [0.15, 0.2) is 42.6 Å². The number of halogens is 3. The maximum Gasteiger partial charge on any atom is 0.417 e. The van der Waals surface area contributed by atoms with Crippen molar-refractivity contribution in [3.8, 4) is 5.75 Å². The molecule has 1 aliphatic heterocycles. The maximum atomic E-state index is 12.8. The van der Waals surface area contributed by atoms with E-state index < -0.39 is 29.5 Å². The van der Waals surface area contributed by atoms with Crippen LogP contribution in [0.1, 0.15) is 18.4 Å². The Bertz CT molecular complexity index is 985. The van der Waals surface area contributed by atoms with Crippen LogP contribution in [0.5, 0.6) is 5.75 Å². The van der Waals surface area contributed by atoms with E-state index in [2.05, 4.69) is 10.3 Å². The van der Waals surface area contributed by atoms with E-state index in [9.17, 15) is 27.9 Å². The third kappa shape index (κ3) is 7.08. The summed E-state index contributed by atoms with van der Waals surface area (Å²) in [6, 6.07) is 9.14. The Morgan fingerprint density at radius 2 is 1.97 bits per heavy atom. The zero-order chi connectivity index (χ0) is 24.7. The van der Waals surface area contributed by atoms with Gasteiger partial charge in [0.1, 0.15) is 11.6 Å². The molecule has 0 spiro atoms. The van der Waals surface area contributed by atoms with Gasteiger partial charge in [-0.15, -0.1) is 0 Å². The molecule has 2 N–H and O–H groups in total. The van der Waals surface area contributed by atoms with E-state index in [1.54, 1.807) is 24.3 Å². The number of aromatic nitrogens is 1. The van der Waals surface area contributed by atoms with E-state index in [0.29, 0.717) is 49.9 Å². The first-order chi connectivity index (χ1) is 16.2. The molecule has 0 radical (unpaired) electrons. The number of benzene rings is 1. The fourth-order valence-corrected chi connectivity index (χ4v) is 3.80. The van der Waals surface area contributed by atoms with Gasteiger partial charge in [0.15, 0.2) is 0 Å². The summed E-state index contributed by atoms with van der Waals surface area (Å²) in [5.41, 5.74) is -0.285. The fourth-order valence-electron chi connectivity index (χ4n) is 3.80. The molecule has 8 nitrogen and oxygen atoms in total. The maximum absolute atomic E-state index is 12.8. The summed E-state index contributed by atoms with van der Waals surface area (Å²) in [7, 11) is 1.51. The van der Waals surface area contributed by atoms with Crippen molar-refractivity contribution in [2.75, 3.05) is 50.1 Å². The van der Waals surface area contributed by atoms with Crippen molar-refractivity contribution in [2.45, 2.75) is 19.0 Å². The Labute approximate surface area is 195 Å². The predicted molar refractivity (Wildman–Crippen MR) is 120 cm³/mol. The van der Waals surface area contributed by atoms with Crippen LogP contribution in [0.4, 0.5) is 24.7 Å². The van der Waals surface area contributed by atoms with E-state index >= 15 is 0 Å². The number of hydrogen-bond acceptors (Lipinski definition) is 6. The molecule has 3 rings (SSSR count). The Morgan fingerprint density at radius 1 is 1.18 bits per heavy atom. The number of rotatable bonds is 8. The van der Waals surface area contributed by atoms with Crippen molar-refractivity contribution in [2.24, 2.45) is 5.92 Å². The minimum Gasteiger partial charge on any atom is -0.497 e. The first-order valence-corrected chi connectivity index (χ1v) is 10.8. The van der Waals surface area contributed by atoms with E-state index in [1.807, 2.05) is 9.80 Å². The second-order valence-electron chi connectivity index (χ2n) is 8.06. The van der Waals surface area contributed by atoms with Crippen LogP contribution in [0.2, 0.25) is 0 Å². The van der Waals surface area contributed by atoms with Crippen LogP contribution in [0.25, 0.3) is 0 Å². The molecule has 0 saturated carbocycles. The lowest BCUT2D eigenvalue weighted by Crippen LogP contribution is -2.37. The van der Waals surface area contributed by atoms with Gasteiger partial charge in [0, 0.05) is 50.6 Å². The number of ether oxygens (including phenoxy) is 1. The van der Waals surface area contributed by atoms with Gasteiger partial charge in [0.25, 0.3) is 0 Å². The van der Waals surface area contributed by atoms with Crippen molar-refractivity contribution in [1.82, 2.24) is 9.88 Å². The second kappa shape index (κ2) is 11.2. The smallest absolute Gasteiger partial charge is 0.417 e. The minimum absolute atomic E-state index is 0.187. The molecule has 0 unspecified atom stereocenters. The Morgan fingerprint density at radius 3 is 2.62 bits per heavy atom. The summed E-state index contributed by atoms with van der Waals surface area (Å²) >= 11 is 0. The predicted octanol–water partition coefficient (Wildman–Crippen LogP) is 3.35. The molecule has 1 aromatic heterocycles. The van der Waals surface area contributed by atoms with Gasteiger partial charge in [-0.3, -0.25) is 9.59 Å². The number of hydrogen-bond donors (Lipinski definition) is 2. The molecule has 1 fully saturated rings. The highest BCUT2D eigenvalue weighted by Crippen LogP contribution is 2.29. The normalized spacial score (nSPS) is 15.9. The molecule has 2 aromatic rings. The summed E-state index contributed by atoms with van der Waals surface area (Å²) in [4.78, 5) is 32.0. The average molecular weight is 480 g/mol. The number of anilines is 2. The number of nitrogens with zero attached hydrogens (tertiary/aromatic N) is 3. The van der Waals surface area contributed by atoms with Crippen molar-refractivity contribution in [1.29, 1.82) is 0 Å². The number of carbonyl (C=O) groups excluding carboxylic acids is 1. The third-order valence-corrected chi connectivity index (χ3v) is 5.60. The van der Waals surface area contributed by atoms with E-state index in [4.69, 9.17) is 4.74 Å². The summed E-state index contributed by atoms with van der Waals surface area (Å²) in [5.74, 6) is -1.36. The Balaban J connectivity index is 1.55. The fraction of sp³-hybridized carbons (Fsp3) is 0.435. The lowest BCUT2D eigenvalue weighted by atomic mass is 10.0. The van der Waals surface area contributed by atoms with Gasteiger partial charge in [-0.05, 0) is 37.2 Å². The SMILES string of the molecule is COc1cccc(NC(=O)C[C@H](CN2CCCN(c3ccc(C(F)(F)F)cn3)CC2)C(=O)O)c1. The summed E-state index contributed by atoms with van der Waals surface area (Å²) in [5, 5.41) is 12.4. The van der Waals surface area contributed by atoms with Crippen molar-refractivity contribution < 1.29 is 32.6 Å². The monoisotopic (exact) mass is 480 g/mol. The summed E-state index contributed by atoms with van der Waals surface area (Å²) in [6.45, 7) is 2.38. The molecule has 0 bridgehead atoms. The van der Waals surface area contributed by atoms with Crippen molar-refractivity contribution >= 4 is 23.4 Å². The van der Waals surface area contributed by atoms with Crippen molar-refractivity contribution in [3.63, 3.8) is 0 Å². The molecule has 1 atom stereocenters. The topological polar surface area (TPSA) is 95.0 Å². The highest BCUT2D eigenvalue weighted by Gasteiger charge is 2.31.